The molecule has 0 spiro atoms. The van der Waals surface area contributed by atoms with E-state index >= 15 is 0 Å². The Kier molecular flexibility index (Phi) is 5.71. The summed E-state index contributed by atoms with van der Waals surface area (Å²) in [5.41, 5.74) is 1.18. The summed E-state index contributed by atoms with van der Waals surface area (Å²) >= 11 is 1.52. The van der Waals surface area contributed by atoms with Crippen LogP contribution in [0.15, 0.2) is 0 Å². The van der Waals surface area contributed by atoms with Gasteiger partial charge in [-0.3, -0.25) is 0 Å². The molecule has 0 saturated carbocycles. The van der Waals surface area contributed by atoms with Gasteiger partial charge in [0, 0.05) is 6.54 Å². The summed E-state index contributed by atoms with van der Waals surface area (Å²) in [6, 6.07) is 0. The maximum Gasteiger partial charge on any atom is 0.0800 e. The minimum atomic E-state index is 0.938. The Balaban J connectivity index is 2.30. The topological polar surface area (TPSA) is 37.8 Å². The second kappa shape index (κ2) is 6.90. The number of hydrogen-bond donors (Lipinski definition) is 1. The molecule has 1 aromatic rings. The van der Waals surface area contributed by atoms with Gasteiger partial charge >= 0.3 is 0 Å². The first-order chi connectivity index (χ1) is 6.88. The molecule has 0 aromatic carbocycles. The minimum absolute atomic E-state index is 0.938. The third-order valence-electron chi connectivity index (χ3n) is 2.11. The lowest BCUT2D eigenvalue weighted by Crippen LogP contribution is -2.14. The van der Waals surface area contributed by atoms with Crippen molar-refractivity contribution >= 4 is 11.5 Å². The monoisotopic (exact) mass is 213 g/mol. The Hall–Kier alpha value is -0.480. The van der Waals surface area contributed by atoms with Gasteiger partial charge in [-0.15, -0.1) is 5.10 Å². The number of nitrogens with one attached hydrogen (secondary N) is 1. The van der Waals surface area contributed by atoms with Crippen molar-refractivity contribution in [2.75, 3.05) is 6.54 Å². The van der Waals surface area contributed by atoms with E-state index in [4.69, 9.17) is 0 Å². The van der Waals surface area contributed by atoms with E-state index in [1.165, 1.54) is 34.9 Å². The Morgan fingerprint density at radius 3 is 2.86 bits per heavy atom. The summed E-state index contributed by atoms with van der Waals surface area (Å²) in [7, 11) is 0. The fraction of sp³-hybridized carbons (Fsp3) is 0.800. The third kappa shape index (κ3) is 3.72. The average Bonchev–Trinajstić information content (AvgIpc) is 2.61. The van der Waals surface area contributed by atoms with E-state index in [2.05, 4.69) is 28.8 Å². The van der Waals surface area contributed by atoms with Crippen molar-refractivity contribution in [2.24, 2.45) is 0 Å². The van der Waals surface area contributed by atoms with Crippen LogP contribution in [-0.2, 0) is 13.0 Å². The van der Waals surface area contributed by atoms with Crippen LogP contribution >= 0.6 is 11.5 Å². The number of aromatic nitrogens is 2. The van der Waals surface area contributed by atoms with Crippen molar-refractivity contribution in [1.82, 2.24) is 14.9 Å². The van der Waals surface area contributed by atoms with Crippen molar-refractivity contribution < 1.29 is 0 Å². The Bertz CT molecular complexity index is 247. The van der Waals surface area contributed by atoms with Gasteiger partial charge in [0.05, 0.1) is 10.6 Å². The summed E-state index contributed by atoms with van der Waals surface area (Å²) < 4.78 is 3.99. The van der Waals surface area contributed by atoms with Crippen LogP contribution in [0, 0.1) is 0 Å². The first kappa shape index (κ1) is 11.6. The van der Waals surface area contributed by atoms with Crippen LogP contribution in [0.25, 0.3) is 0 Å². The molecule has 0 aliphatic heterocycles. The number of aryl methyl sites for hydroxylation is 1. The van der Waals surface area contributed by atoms with E-state index in [1.54, 1.807) is 0 Å². The first-order valence-corrected chi connectivity index (χ1v) is 6.16. The highest BCUT2D eigenvalue weighted by Gasteiger charge is 2.05. The van der Waals surface area contributed by atoms with Crippen LogP contribution in [0.5, 0.6) is 0 Å². The number of rotatable bonds is 7. The van der Waals surface area contributed by atoms with Crippen molar-refractivity contribution in [3.63, 3.8) is 0 Å². The normalized spacial score (nSPS) is 10.7. The van der Waals surface area contributed by atoms with Crippen molar-refractivity contribution in [1.29, 1.82) is 0 Å². The molecular weight excluding hydrogens is 194 g/mol. The van der Waals surface area contributed by atoms with Gasteiger partial charge in [0.1, 0.15) is 0 Å². The molecule has 1 aromatic heterocycles. The van der Waals surface area contributed by atoms with Crippen LogP contribution in [0.2, 0.25) is 0 Å². The lowest BCUT2D eigenvalue weighted by molar-refractivity contribution is 0.641. The zero-order chi connectivity index (χ0) is 10.2. The smallest absolute Gasteiger partial charge is 0.0800 e. The molecule has 0 amide bonds. The number of nitrogens with zero attached hydrogens (tertiary/aromatic N) is 2. The van der Waals surface area contributed by atoms with E-state index in [9.17, 15) is 0 Å². The quantitative estimate of drug-likeness (QED) is 0.707. The fourth-order valence-electron chi connectivity index (χ4n) is 1.29. The SMILES string of the molecule is CCCCNCc1snnc1CCC. The fourth-order valence-corrected chi connectivity index (χ4v) is 1.94. The molecule has 0 aliphatic rings. The molecule has 3 nitrogen and oxygen atoms in total. The summed E-state index contributed by atoms with van der Waals surface area (Å²) in [5.74, 6) is 0. The average molecular weight is 213 g/mol. The summed E-state index contributed by atoms with van der Waals surface area (Å²) in [6.45, 7) is 6.42. The lowest BCUT2D eigenvalue weighted by atomic mass is 10.2. The molecule has 0 aliphatic carbocycles. The van der Waals surface area contributed by atoms with Gasteiger partial charge in [0.15, 0.2) is 0 Å². The molecule has 0 unspecified atom stereocenters. The van der Waals surface area contributed by atoms with Gasteiger partial charge in [-0.05, 0) is 30.9 Å². The Morgan fingerprint density at radius 1 is 1.29 bits per heavy atom. The maximum atomic E-state index is 4.13. The van der Waals surface area contributed by atoms with E-state index < -0.39 is 0 Å². The third-order valence-corrected chi connectivity index (χ3v) is 2.88. The highest BCUT2D eigenvalue weighted by Crippen LogP contribution is 2.11. The first-order valence-electron chi connectivity index (χ1n) is 5.39. The van der Waals surface area contributed by atoms with Gasteiger partial charge < -0.3 is 5.32 Å². The molecule has 0 fully saturated rings. The Morgan fingerprint density at radius 2 is 2.14 bits per heavy atom. The van der Waals surface area contributed by atoms with E-state index in [0.717, 1.165) is 25.9 Å². The zero-order valence-corrected chi connectivity index (χ0v) is 9.86. The van der Waals surface area contributed by atoms with Crippen LogP contribution in [-0.4, -0.2) is 16.1 Å². The van der Waals surface area contributed by atoms with Crippen molar-refractivity contribution in [3.8, 4) is 0 Å². The molecule has 14 heavy (non-hydrogen) atoms. The molecular formula is C10H19N3S. The summed E-state index contributed by atoms with van der Waals surface area (Å²) in [5, 5.41) is 7.55. The summed E-state index contributed by atoms with van der Waals surface area (Å²) in [4.78, 5) is 1.31. The van der Waals surface area contributed by atoms with Gasteiger partial charge in [-0.2, -0.15) is 0 Å². The lowest BCUT2D eigenvalue weighted by Gasteiger charge is -2.02. The molecule has 0 bridgehead atoms. The van der Waals surface area contributed by atoms with Gasteiger partial charge in [-0.1, -0.05) is 31.2 Å². The minimum Gasteiger partial charge on any atom is -0.312 e. The molecule has 0 atom stereocenters. The number of unbranched alkanes of at least 4 members (excludes halogenated alkanes) is 1. The van der Waals surface area contributed by atoms with E-state index in [1.807, 2.05) is 0 Å². The molecule has 0 radical (unpaired) electrons. The van der Waals surface area contributed by atoms with E-state index in [0.29, 0.717) is 0 Å². The number of hydrogen-bond acceptors (Lipinski definition) is 4. The van der Waals surface area contributed by atoms with Crippen LogP contribution in [0.3, 0.4) is 0 Å². The molecule has 80 valence electrons. The molecule has 0 saturated heterocycles. The predicted molar refractivity (Wildman–Crippen MR) is 60.5 cm³/mol. The largest absolute Gasteiger partial charge is 0.312 e. The van der Waals surface area contributed by atoms with E-state index in [-0.39, 0.29) is 0 Å². The van der Waals surface area contributed by atoms with Gasteiger partial charge in [0.2, 0.25) is 0 Å². The standard InChI is InChI=1S/C10H19N3S/c1-3-5-7-11-8-10-9(6-4-2)12-13-14-10/h11H,3-8H2,1-2H3. The van der Waals surface area contributed by atoms with Crippen LogP contribution < -0.4 is 5.32 Å². The van der Waals surface area contributed by atoms with Crippen molar-refractivity contribution in [3.05, 3.63) is 10.6 Å². The van der Waals surface area contributed by atoms with Gasteiger partial charge in [0.25, 0.3) is 0 Å². The predicted octanol–water partition coefficient (Wildman–Crippen LogP) is 2.38. The maximum absolute atomic E-state index is 4.13. The van der Waals surface area contributed by atoms with Crippen LogP contribution in [0.1, 0.15) is 43.7 Å². The van der Waals surface area contributed by atoms with Crippen LogP contribution in [0.4, 0.5) is 0 Å². The van der Waals surface area contributed by atoms with Gasteiger partial charge in [-0.25, -0.2) is 0 Å². The Labute approximate surface area is 90.1 Å². The molecule has 4 heteroatoms. The molecule has 1 heterocycles. The second-order valence-corrected chi connectivity index (χ2v) is 4.26. The molecule has 1 N–H and O–H groups in total. The second-order valence-electron chi connectivity index (χ2n) is 3.42. The molecule has 1 rings (SSSR count). The zero-order valence-electron chi connectivity index (χ0n) is 9.05. The highest BCUT2D eigenvalue weighted by atomic mass is 32.1. The highest BCUT2D eigenvalue weighted by molar-refractivity contribution is 7.05. The summed E-state index contributed by atoms with van der Waals surface area (Å²) in [6.07, 6.45) is 4.69. The van der Waals surface area contributed by atoms with Crippen molar-refractivity contribution in [2.45, 2.75) is 46.1 Å².